The number of anilines is 1. The summed E-state index contributed by atoms with van der Waals surface area (Å²) >= 11 is 0. The summed E-state index contributed by atoms with van der Waals surface area (Å²) in [7, 11) is 2.01. The van der Waals surface area contributed by atoms with Crippen molar-refractivity contribution in [3.63, 3.8) is 0 Å². The maximum absolute atomic E-state index is 4.20. The van der Waals surface area contributed by atoms with Crippen molar-refractivity contribution in [2.45, 2.75) is 19.9 Å². The molecule has 1 aromatic heterocycles. The molecule has 1 aliphatic heterocycles. The molecule has 0 bridgehead atoms. The minimum absolute atomic E-state index is 0.492. The van der Waals surface area contributed by atoms with Crippen molar-refractivity contribution in [1.29, 1.82) is 0 Å². The summed E-state index contributed by atoms with van der Waals surface area (Å²) in [5.41, 5.74) is 0. The molecule has 2 heterocycles. The highest BCUT2D eigenvalue weighted by Gasteiger charge is 2.22. The van der Waals surface area contributed by atoms with Gasteiger partial charge in [0, 0.05) is 32.7 Å². The Bertz CT molecular complexity index is 319. The van der Waals surface area contributed by atoms with Gasteiger partial charge in [-0.3, -0.25) is 0 Å². The summed E-state index contributed by atoms with van der Waals surface area (Å²) in [6, 6.07) is 0.492. The average Bonchev–Trinajstić information content (AvgIpc) is 2.49. The molecule has 5 heteroatoms. The van der Waals surface area contributed by atoms with E-state index in [1.54, 1.807) is 0 Å². The Labute approximate surface area is 84.1 Å². The first kappa shape index (κ1) is 9.45. The first-order valence-electron chi connectivity index (χ1n) is 5.03. The van der Waals surface area contributed by atoms with Crippen LogP contribution in [0.4, 0.5) is 5.95 Å². The predicted molar refractivity (Wildman–Crippen MR) is 55.4 cm³/mol. The number of aromatic nitrogens is 3. The third-order valence-corrected chi connectivity index (χ3v) is 2.83. The Kier molecular flexibility index (Phi) is 2.41. The second-order valence-corrected chi connectivity index (χ2v) is 3.85. The van der Waals surface area contributed by atoms with Crippen LogP contribution in [-0.2, 0) is 7.05 Å². The first-order valence-corrected chi connectivity index (χ1v) is 5.03. The maximum atomic E-state index is 4.20. The fourth-order valence-electron chi connectivity index (χ4n) is 1.78. The highest BCUT2D eigenvalue weighted by Crippen LogP contribution is 2.15. The Morgan fingerprint density at radius 3 is 2.79 bits per heavy atom. The normalized spacial score (nSPS) is 22.8. The molecular weight excluding hydrogens is 178 g/mol. The van der Waals surface area contributed by atoms with Crippen molar-refractivity contribution in [2.24, 2.45) is 7.05 Å². The molecule has 1 aromatic rings. The summed E-state index contributed by atoms with van der Waals surface area (Å²) in [4.78, 5) is 2.30. The molecule has 0 amide bonds. The minimum Gasteiger partial charge on any atom is -0.336 e. The summed E-state index contributed by atoms with van der Waals surface area (Å²) < 4.78 is 2.04. The van der Waals surface area contributed by atoms with Gasteiger partial charge in [-0.05, 0) is 13.8 Å². The van der Waals surface area contributed by atoms with E-state index in [0.29, 0.717) is 6.04 Å². The van der Waals surface area contributed by atoms with E-state index in [0.717, 1.165) is 31.4 Å². The Morgan fingerprint density at radius 1 is 1.43 bits per heavy atom. The quantitative estimate of drug-likeness (QED) is 0.681. The van der Waals surface area contributed by atoms with Crippen LogP contribution in [-0.4, -0.2) is 40.4 Å². The zero-order valence-corrected chi connectivity index (χ0v) is 8.99. The fraction of sp³-hybridized carbons (Fsp3) is 0.778. The number of hydrogen-bond donors (Lipinski definition) is 1. The third-order valence-electron chi connectivity index (χ3n) is 2.83. The lowest BCUT2D eigenvalue weighted by atomic mass is 10.2. The number of nitrogens with one attached hydrogen (secondary N) is 1. The maximum Gasteiger partial charge on any atom is 0.227 e. The van der Waals surface area contributed by atoms with Crippen LogP contribution in [0, 0.1) is 6.92 Å². The lowest BCUT2D eigenvalue weighted by molar-refractivity contribution is 0.488. The number of hydrogen-bond acceptors (Lipinski definition) is 4. The van der Waals surface area contributed by atoms with E-state index in [1.807, 2.05) is 18.5 Å². The molecule has 1 saturated heterocycles. The number of rotatable bonds is 1. The lowest BCUT2D eigenvalue weighted by Gasteiger charge is -2.34. The van der Waals surface area contributed by atoms with E-state index in [4.69, 9.17) is 0 Å². The van der Waals surface area contributed by atoms with Gasteiger partial charge in [0.25, 0.3) is 0 Å². The summed E-state index contributed by atoms with van der Waals surface area (Å²) in [5.74, 6) is 1.95. The van der Waals surface area contributed by atoms with Crippen LogP contribution in [0.2, 0.25) is 0 Å². The molecular formula is C9H17N5. The largest absolute Gasteiger partial charge is 0.336 e. The zero-order valence-electron chi connectivity index (χ0n) is 8.99. The van der Waals surface area contributed by atoms with Crippen LogP contribution in [0.25, 0.3) is 0 Å². The molecule has 0 saturated carbocycles. The van der Waals surface area contributed by atoms with Gasteiger partial charge in [0.2, 0.25) is 5.95 Å². The molecule has 0 aromatic carbocycles. The van der Waals surface area contributed by atoms with Gasteiger partial charge in [-0.2, -0.15) is 0 Å². The zero-order chi connectivity index (χ0) is 10.1. The molecule has 0 aliphatic carbocycles. The van der Waals surface area contributed by atoms with Crippen molar-refractivity contribution < 1.29 is 0 Å². The summed E-state index contributed by atoms with van der Waals surface area (Å²) in [6.07, 6.45) is 0. The molecule has 78 valence electrons. The van der Waals surface area contributed by atoms with Gasteiger partial charge in [0.15, 0.2) is 0 Å². The second-order valence-electron chi connectivity index (χ2n) is 3.85. The molecule has 1 unspecified atom stereocenters. The van der Waals surface area contributed by atoms with Crippen molar-refractivity contribution in [3.05, 3.63) is 5.82 Å². The molecule has 5 nitrogen and oxygen atoms in total. The SMILES string of the molecule is Cc1nnc(N2CCNCC2C)n1C. The van der Waals surface area contributed by atoms with Gasteiger partial charge in [0.05, 0.1) is 0 Å². The van der Waals surface area contributed by atoms with Gasteiger partial charge in [-0.25, -0.2) is 0 Å². The van der Waals surface area contributed by atoms with Gasteiger partial charge in [0.1, 0.15) is 5.82 Å². The molecule has 1 atom stereocenters. The van der Waals surface area contributed by atoms with Gasteiger partial charge in [-0.15, -0.1) is 10.2 Å². The lowest BCUT2D eigenvalue weighted by Crippen LogP contribution is -2.50. The van der Waals surface area contributed by atoms with E-state index in [2.05, 4.69) is 27.3 Å². The predicted octanol–water partition coefficient (Wildman–Crippen LogP) is -0.0784. The monoisotopic (exact) mass is 195 g/mol. The standard InChI is InChI=1S/C9H17N5/c1-7-6-10-4-5-14(7)9-12-11-8(2)13(9)3/h7,10H,4-6H2,1-3H3. The molecule has 1 N–H and O–H groups in total. The van der Waals surface area contributed by atoms with Crippen LogP contribution < -0.4 is 10.2 Å². The molecule has 1 fully saturated rings. The topological polar surface area (TPSA) is 46.0 Å². The van der Waals surface area contributed by atoms with Crippen LogP contribution in [0.15, 0.2) is 0 Å². The van der Waals surface area contributed by atoms with Crippen molar-refractivity contribution in [3.8, 4) is 0 Å². The van der Waals surface area contributed by atoms with Gasteiger partial charge >= 0.3 is 0 Å². The molecule has 0 radical (unpaired) electrons. The van der Waals surface area contributed by atoms with Gasteiger partial charge < -0.3 is 14.8 Å². The minimum atomic E-state index is 0.492. The summed E-state index contributed by atoms with van der Waals surface area (Å²) in [5, 5.41) is 11.6. The Balaban J connectivity index is 2.24. The van der Waals surface area contributed by atoms with Crippen LogP contribution in [0.3, 0.4) is 0 Å². The highest BCUT2D eigenvalue weighted by atomic mass is 15.4. The van der Waals surface area contributed by atoms with Crippen LogP contribution in [0.1, 0.15) is 12.7 Å². The number of aryl methyl sites for hydroxylation is 1. The van der Waals surface area contributed by atoms with Crippen LogP contribution in [0.5, 0.6) is 0 Å². The molecule has 0 spiro atoms. The van der Waals surface area contributed by atoms with Crippen molar-refractivity contribution in [2.75, 3.05) is 24.5 Å². The number of nitrogens with zero attached hydrogens (tertiary/aromatic N) is 4. The van der Waals surface area contributed by atoms with E-state index >= 15 is 0 Å². The fourth-order valence-corrected chi connectivity index (χ4v) is 1.78. The van der Waals surface area contributed by atoms with E-state index in [-0.39, 0.29) is 0 Å². The van der Waals surface area contributed by atoms with Crippen molar-refractivity contribution in [1.82, 2.24) is 20.1 Å². The van der Waals surface area contributed by atoms with E-state index < -0.39 is 0 Å². The van der Waals surface area contributed by atoms with E-state index in [1.165, 1.54) is 0 Å². The Morgan fingerprint density at radius 2 is 2.21 bits per heavy atom. The van der Waals surface area contributed by atoms with Gasteiger partial charge in [-0.1, -0.05) is 0 Å². The van der Waals surface area contributed by atoms with Crippen molar-refractivity contribution >= 4 is 5.95 Å². The Hall–Kier alpha value is -1.10. The van der Waals surface area contributed by atoms with Crippen LogP contribution >= 0.6 is 0 Å². The third kappa shape index (κ3) is 1.48. The first-order chi connectivity index (χ1) is 6.70. The number of piperazine rings is 1. The second kappa shape index (κ2) is 3.57. The van der Waals surface area contributed by atoms with E-state index in [9.17, 15) is 0 Å². The highest BCUT2D eigenvalue weighted by molar-refractivity contribution is 5.33. The average molecular weight is 195 g/mol. The smallest absolute Gasteiger partial charge is 0.227 e. The molecule has 2 rings (SSSR count). The molecule has 14 heavy (non-hydrogen) atoms. The summed E-state index contributed by atoms with van der Waals surface area (Å²) in [6.45, 7) is 7.23. The molecule has 1 aliphatic rings.